The number of nitrogen functional groups attached to an aromatic ring is 1. The molecule has 0 bridgehead atoms. The minimum atomic E-state index is 0.512. The molecule has 4 aromatic rings. The van der Waals surface area contributed by atoms with Gasteiger partial charge < -0.3 is 25.5 Å². The number of rotatable bonds is 7. The fourth-order valence-corrected chi connectivity index (χ4v) is 4.98. The normalized spacial score (nSPS) is 14.0. The van der Waals surface area contributed by atoms with Crippen molar-refractivity contribution in [2.75, 3.05) is 36.9 Å². The number of fused-ring (bicyclic) bond motifs is 1. The van der Waals surface area contributed by atoms with E-state index in [1.54, 1.807) is 17.4 Å². The van der Waals surface area contributed by atoms with Crippen molar-refractivity contribution in [3.63, 3.8) is 0 Å². The fraction of sp³-hybridized carbons (Fsp3) is 0.240. The van der Waals surface area contributed by atoms with Crippen molar-refractivity contribution in [2.45, 2.75) is 13.2 Å². The second kappa shape index (κ2) is 9.66. The Kier molecular flexibility index (Phi) is 6.30. The molecule has 0 atom stereocenters. The van der Waals surface area contributed by atoms with Crippen LogP contribution >= 0.6 is 11.3 Å². The summed E-state index contributed by atoms with van der Waals surface area (Å²) in [7, 11) is 0. The van der Waals surface area contributed by atoms with Crippen molar-refractivity contribution >= 4 is 39.3 Å². The van der Waals surface area contributed by atoms with E-state index in [-0.39, 0.29) is 0 Å². The van der Waals surface area contributed by atoms with Crippen LogP contribution in [0.4, 0.5) is 11.5 Å². The molecule has 0 spiro atoms. The van der Waals surface area contributed by atoms with E-state index in [0.29, 0.717) is 43.5 Å². The van der Waals surface area contributed by atoms with Gasteiger partial charge in [0, 0.05) is 41.0 Å². The molecule has 3 heterocycles. The number of aromatic nitrogens is 2. The van der Waals surface area contributed by atoms with Gasteiger partial charge in [-0.1, -0.05) is 42.5 Å². The lowest BCUT2D eigenvalue weighted by Gasteiger charge is -2.28. The van der Waals surface area contributed by atoms with Crippen LogP contribution in [-0.4, -0.2) is 42.5 Å². The first-order valence-electron chi connectivity index (χ1n) is 10.9. The zero-order chi connectivity index (χ0) is 22.6. The maximum absolute atomic E-state index is 7.84. The summed E-state index contributed by atoms with van der Waals surface area (Å²) in [6.45, 7) is 3.97. The molecule has 1 fully saturated rings. The van der Waals surface area contributed by atoms with Crippen LogP contribution in [0, 0.1) is 5.41 Å². The van der Waals surface area contributed by atoms with Gasteiger partial charge in [-0.25, -0.2) is 9.97 Å². The van der Waals surface area contributed by atoms with Gasteiger partial charge in [0.15, 0.2) is 11.6 Å². The van der Waals surface area contributed by atoms with E-state index in [0.717, 1.165) is 45.1 Å². The number of nitrogens with zero attached hydrogens (tertiary/aromatic N) is 3. The Morgan fingerprint density at radius 1 is 1.06 bits per heavy atom. The first kappa shape index (κ1) is 21.5. The third kappa shape index (κ3) is 4.59. The number of nitrogens with two attached hydrogens (primary N) is 1. The molecule has 1 saturated heterocycles. The van der Waals surface area contributed by atoms with E-state index in [1.165, 1.54) is 6.21 Å². The van der Waals surface area contributed by atoms with Crippen LogP contribution in [0.15, 0.2) is 54.6 Å². The van der Waals surface area contributed by atoms with Crippen LogP contribution in [0.25, 0.3) is 21.6 Å². The lowest BCUT2D eigenvalue weighted by molar-refractivity contribution is 0.109. The number of anilines is 2. The molecule has 33 heavy (non-hydrogen) atoms. The quantitative estimate of drug-likeness (QED) is 0.312. The SMILES string of the molecule is N=Cc1c(N)cccc1-c1nc(N2CCOCC2)c2sc(COCc3ccccc3)cc2n1. The molecule has 8 heteroatoms. The lowest BCUT2D eigenvalue weighted by Crippen LogP contribution is -2.36. The molecule has 0 saturated carbocycles. The summed E-state index contributed by atoms with van der Waals surface area (Å²) in [4.78, 5) is 13.2. The molecule has 0 amide bonds. The third-order valence-electron chi connectivity index (χ3n) is 5.60. The van der Waals surface area contributed by atoms with Crippen molar-refractivity contribution < 1.29 is 9.47 Å². The number of benzene rings is 2. The third-order valence-corrected chi connectivity index (χ3v) is 6.69. The molecular weight excluding hydrogens is 434 g/mol. The van der Waals surface area contributed by atoms with Gasteiger partial charge in [-0.15, -0.1) is 11.3 Å². The number of nitrogens with one attached hydrogen (secondary N) is 1. The monoisotopic (exact) mass is 459 g/mol. The molecule has 1 aliphatic rings. The summed E-state index contributed by atoms with van der Waals surface area (Å²) in [5, 5.41) is 7.84. The zero-order valence-corrected chi connectivity index (χ0v) is 19.0. The highest BCUT2D eigenvalue weighted by molar-refractivity contribution is 7.19. The summed E-state index contributed by atoms with van der Waals surface area (Å²) in [5.74, 6) is 1.47. The Morgan fingerprint density at radius 3 is 2.67 bits per heavy atom. The van der Waals surface area contributed by atoms with Crippen molar-refractivity contribution in [1.29, 1.82) is 5.41 Å². The summed E-state index contributed by atoms with van der Waals surface area (Å²) in [6.07, 6.45) is 1.27. The average molecular weight is 460 g/mol. The van der Waals surface area contributed by atoms with E-state index in [9.17, 15) is 0 Å². The van der Waals surface area contributed by atoms with E-state index < -0.39 is 0 Å². The second-order valence-electron chi connectivity index (χ2n) is 7.83. The maximum atomic E-state index is 7.84. The highest BCUT2D eigenvalue weighted by atomic mass is 32.1. The van der Waals surface area contributed by atoms with Gasteiger partial charge in [0.2, 0.25) is 0 Å². The zero-order valence-electron chi connectivity index (χ0n) is 18.2. The van der Waals surface area contributed by atoms with Crippen LogP contribution in [-0.2, 0) is 22.7 Å². The molecule has 2 aromatic heterocycles. The molecule has 1 aliphatic heterocycles. The summed E-state index contributed by atoms with van der Waals surface area (Å²) in [6, 6.07) is 17.8. The van der Waals surface area contributed by atoms with Gasteiger partial charge in [0.05, 0.1) is 36.6 Å². The second-order valence-corrected chi connectivity index (χ2v) is 8.97. The topological polar surface area (TPSA) is 97.4 Å². The van der Waals surface area contributed by atoms with Gasteiger partial charge in [-0.05, 0) is 17.7 Å². The van der Waals surface area contributed by atoms with Crippen LogP contribution < -0.4 is 10.6 Å². The number of morpholine rings is 1. The molecule has 5 rings (SSSR count). The van der Waals surface area contributed by atoms with E-state index >= 15 is 0 Å². The molecule has 0 radical (unpaired) electrons. The van der Waals surface area contributed by atoms with Crippen molar-refractivity contribution in [2.24, 2.45) is 0 Å². The fourth-order valence-electron chi connectivity index (χ4n) is 3.93. The highest BCUT2D eigenvalue weighted by Crippen LogP contribution is 2.36. The van der Waals surface area contributed by atoms with Gasteiger partial charge in [-0.2, -0.15) is 0 Å². The van der Waals surface area contributed by atoms with E-state index in [2.05, 4.69) is 23.1 Å². The van der Waals surface area contributed by atoms with Crippen LogP contribution in [0.2, 0.25) is 0 Å². The molecule has 2 aromatic carbocycles. The Bertz CT molecular complexity index is 1270. The predicted molar refractivity (Wildman–Crippen MR) is 133 cm³/mol. The standard InChI is InChI=1S/C25H25N5O2S/c26-14-20-19(7-4-8-21(20)27)24-28-22-13-18(16-32-15-17-5-2-1-3-6-17)33-23(22)25(29-24)30-9-11-31-12-10-30/h1-8,13-14,26H,9-12,15-16,27H2. The average Bonchev–Trinajstić information content (AvgIpc) is 3.27. The number of hydrogen-bond donors (Lipinski definition) is 2. The Morgan fingerprint density at radius 2 is 1.88 bits per heavy atom. The van der Waals surface area contributed by atoms with Gasteiger partial charge in [0.25, 0.3) is 0 Å². The Hall–Kier alpha value is -3.33. The lowest BCUT2D eigenvalue weighted by atomic mass is 10.1. The van der Waals surface area contributed by atoms with Gasteiger partial charge in [0.1, 0.15) is 0 Å². The number of ether oxygens (including phenoxy) is 2. The molecular formula is C25H25N5O2S. The van der Waals surface area contributed by atoms with Crippen LogP contribution in [0.1, 0.15) is 16.0 Å². The van der Waals surface area contributed by atoms with E-state index in [4.69, 9.17) is 30.6 Å². The predicted octanol–water partition coefficient (Wildman–Crippen LogP) is 4.49. The minimum Gasteiger partial charge on any atom is -0.398 e. The molecule has 0 aliphatic carbocycles. The highest BCUT2D eigenvalue weighted by Gasteiger charge is 2.21. The van der Waals surface area contributed by atoms with Crippen LogP contribution in [0.3, 0.4) is 0 Å². The van der Waals surface area contributed by atoms with Crippen LogP contribution in [0.5, 0.6) is 0 Å². The Labute approximate surface area is 196 Å². The largest absolute Gasteiger partial charge is 0.398 e. The van der Waals surface area contributed by atoms with E-state index in [1.807, 2.05) is 30.3 Å². The first-order valence-corrected chi connectivity index (χ1v) is 11.7. The molecule has 3 N–H and O–H groups in total. The van der Waals surface area contributed by atoms with Crippen molar-refractivity contribution in [1.82, 2.24) is 9.97 Å². The first-order chi connectivity index (χ1) is 16.2. The van der Waals surface area contributed by atoms with Crippen molar-refractivity contribution in [3.8, 4) is 11.4 Å². The summed E-state index contributed by atoms with van der Waals surface area (Å²) in [5.41, 5.74) is 10.1. The smallest absolute Gasteiger partial charge is 0.162 e. The molecule has 7 nitrogen and oxygen atoms in total. The van der Waals surface area contributed by atoms with Gasteiger partial charge in [-0.3, -0.25) is 0 Å². The van der Waals surface area contributed by atoms with Crippen molar-refractivity contribution in [3.05, 3.63) is 70.6 Å². The Balaban J connectivity index is 1.51. The maximum Gasteiger partial charge on any atom is 0.162 e. The number of thiophene rings is 1. The molecule has 168 valence electrons. The molecule has 0 unspecified atom stereocenters. The summed E-state index contributed by atoms with van der Waals surface area (Å²) >= 11 is 1.67. The minimum absolute atomic E-state index is 0.512. The summed E-state index contributed by atoms with van der Waals surface area (Å²) < 4.78 is 12.6. The van der Waals surface area contributed by atoms with Gasteiger partial charge >= 0.3 is 0 Å². The number of hydrogen-bond acceptors (Lipinski definition) is 8.